The fourth-order valence-corrected chi connectivity index (χ4v) is 10.6. The van der Waals surface area contributed by atoms with Gasteiger partial charge in [0.2, 0.25) is 41.4 Å². The van der Waals surface area contributed by atoms with Crippen molar-refractivity contribution in [3.05, 3.63) is 215 Å². The van der Waals surface area contributed by atoms with Gasteiger partial charge in [-0.05, 0) is 106 Å². The number of hydrogen-bond donors (Lipinski definition) is 10. The lowest BCUT2D eigenvalue weighted by molar-refractivity contribution is -0.145. The molecule has 0 aliphatic rings. The number of alkyl carbamates (subject to hydrolysis) is 3. The molecule has 6 aromatic carbocycles. The van der Waals surface area contributed by atoms with E-state index in [2.05, 4.69) is 47.9 Å². The highest BCUT2D eigenvalue weighted by Gasteiger charge is 2.37. The summed E-state index contributed by atoms with van der Waals surface area (Å²) in [5.41, 5.74) is 8.96. The topological polar surface area (TPSA) is 377 Å². The van der Waals surface area contributed by atoms with Crippen LogP contribution in [0.4, 0.5) is 14.4 Å². The fraction of sp³-hybridized carbons (Fsp3) is 0.397. The molecule has 11 N–H and O–H groups in total. The lowest BCUT2D eigenvalue weighted by atomic mass is 10.0. The van der Waals surface area contributed by atoms with Crippen molar-refractivity contribution < 1.29 is 81.2 Å². The predicted octanol–water partition coefficient (Wildman–Crippen LogP) is 6.73. The molecule has 27 nitrogen and oxygen atoms in total. The zero-order chi connectivity index (χ0) is 75.8. The van der Waals surface area contributed by atoms with Crippen LogP contribution in [0, 0.1) is 0 Å². The first-order valence-corrected chi connectivity index (χ1v) is 34.9. The van der Waals surface area contributed by atoms with Gasteiger partial charge in [-0.1, -0.05) is 182 Å². The van der Waals surface area contributed by atoms with Crippen LogP contribution in [0.2, 0.25) is 0 Å². The SMILES string of the molecule is COC(=O)[C@H](Cc1ccccc1)NC(=O)[C@H](CCCCNC(=O)OCc1ccccc1)NC(=O)[C@H](COCc1ccccc1)NC(=O)[C@@H](NC(=O)[C@H](CCC(N)=O)NC(=O)[C@H](CCCCNC(=O)OCc1ccccc1)NC(=O)[C@H](Cc1ccccc1)NC(=O)OC(C)(C)C)[C@@H](C)OCc1ccccc1. The molecule has 0 bridgehead atoms. The van der Waals surface area contributed by atoms with Gasteiger partial charge in [-0.15, -0.1) is 0 Å². The third kappa shape index (κ3) is 32.4. The van der Waals surface area contributed by atoms with Gasteiger partial charge in [0.1, 0.15) is 61.1 Å². The van der Waals surface area contributed by atoms with E-state index in [0.717, 1.165) is 11.1 Å². The van der Waals surface area contributed by atoms with E-state index in [1.54, 1.807) is 178 Å². The number of ether oxygens (including phenoxy) is 6. The molecule has 0 aliphatic heterocycles. The van der Waals surface area contributed by atoms with Crippen molar-refractivity contribution in [2.45, 2.75) is 172 Å². The van der Waals surface area contributed by atoms with Gasteiger partial charge < -0.3 is 82.0 Å². The molecule has 0 aliphatic carbocycles. The molecule has 27 heteroatoms. The number of benzene rings is 6. The normalized spacial score (nSPS) is 13.3. The van der Waals surface area contributed by atoms with E-state index in [-0.39, 0.29) is 84.5 Å². The molecule has 0 spiro atoms. The Labute approximate surface area is 612 Å². The van der Waals surface area contributed by atoms with Crippen molar-refractivity contribution in [1.29, 1.82) is 0 Å². The molecule has 0 fully saturated rings. The first kappa shape index (κ1) is 82.8. The zero-order valence-electron chi connectivity index (χ0n) is 60.0. The summed E-state index contributed by atoms with van der Waals surface area (Å²) in [6, 6.07) is 43.1. The first-order valence-electron chi connectivity index (χ1n) is 34.9. The Morgan fingerprint density at radius 3 is 1.18 bits per heavy atom. The maximum Gasteiger partial charge on any atom is 0.408 e. The predicted molar refractivity (Wildman–Crippen MR) is 389 cm³/mol. The minimum atomic E-state index is -1.72. The van der Waals surface area contributed by atoms with Crippen LogP contribution in [-0.2, 0) is 106 Å². The van der Waals surface area contributed by atoms with E-state index < -0.39 is 139 Å². The number of nitrogens with two attached hydrogens (primary N) is 1. The van der Waals surface area contributed by atoms with Gasteiger partial charge >= 0.3 is 24.2 Å². The molecule has 105 heavy (non-hydrogen) atoms. The fourth-order valence-electron chi connectivity index (χ4n) is 10.6. The summed E-state index contributed by atoms with van der Waals surface area (Å²) in [5.74, 6) is -7.17. The quantitative estimate of drug-likeness (QED) is 0.0108. The van der Waals surface area contributed by atoms with Gasteiger partial charge in [0.25, 0.3) is 0 Å². The number of unbranched alkanes of at least 4 members (excludes halogenated alkanes) is 2. The highest BCUT2D eigenvalue weighted by atomic mass is 16.6. The molecule has 0 saturated heterocycles. The molecule has 6 aromatic rings. The molecule has 10 amide bonds. The molecule has 6 rings (SSSR count). The number of carbonyl (C=O) groups excluding carboxylic acids is 11. The van der Waals surface area contributed by atoms with Crippen molar-refractivity contribution in [3.63, 3.8) is 0 Å². The molecular weight excluding hydrogens is 1350 g/mol. The van der Waals surface area contributed by atoms with Crippen LogP contribution in [0.15, 0.2) is 182 Å². The number of rotatable bonds is 43. The summed E-state index contributed by atoms with van der Waals surface area (Å²) >= 11 is 0. The largest absolute Gasteiger partial charge is 0.467 e. The Balaban J connectivity index is 1.28. The molecule has 0 heterocycles. The van der Waals surface area contributed by atoms with E-state index in [9.17, 15) is 38.4 Å². The maximum absolute atomic E-state index is 15.3. The Kier molecular flexibility index (Phi) is 35.5. The number of methoxy groups -OCH3 is 1. The van der Waals surface area contributed by atoms with Crippen LogP contribution in [0.1, 0.15) is 112 Å². The minimum absolute atomic E-state index is 0.0139. The second-order valence-electron chi connectivity index (χ2n) is 25.9. The third-order valence-corrected chi connectivity index (χ3v) is 16.2. The van der Waals surface area contributed by atoms with Gasteiger partial charge in [-0.25, -0.2) is 19.2 Å². The second-order valence-corrected chi connectivity index (χ2v) is 25.9. The number of primary amides is 1. The minimum Gasteiger partial charge on any atom is -0.467 e. The first-order chi connectivity index (χ1) is 50.5. The molecule has 0 saturated carbocycles. The monoisotopic (exact) mass is 1450 g/mol. The van der Waals surface area contributed by atoms with Crippen LogP contribution in [0.5, 0.6) is 0 Å². The Morgan fingerprint density at radius 2 is 0.752 bits per heavy atom. The summed E-state index contributed by atoms with van der Waals surface area (Å²) in [5, 5.41) is 24.3. The highest BCUT2D eigenvalue weighted by Crippen LogP contribution is 2.16. The van der Waals surface area contributed by atoms with Crippen LogP contribution < -0.4 is 53.6 Å². The Hall–Kier alpha value is -11.2. The summed E-state index contributed by atoms with van der Waals surface area (Å²) in [6.45, 7) is 6.00. The summed E-state index contributed by atoms with van der Waals surface area (Å²) in [4.78, 5) is 154. The smallest absolute Gasteiger partial charge is 0.408 e. The van der Waals surface area contributed by atoms with Crippen molar-refractivity contribution >= 4 is 65.6 Å². The van der Waals surface area contributed by atoms with Gasteiger partial charge in [-0.2, -0.15) is 0 Å². The number of nitrogens with one attached hydrogen (secondary N) is 9. The van der Waals surface area contributed by atoms with Crippen molar-refractivity contribution in [2.24, 2.45) is 5.73 Å². The molecule has 8 atom stereocenters. The third-order valence-electron chi connectivity index (χ3n) is 16.2. The molecule has 562 valence electrons. The second kappa shape index (κ2) is 45.0. The summed E-state index contributed by atoms with van der Waals surface area (Å²) in [7, 11) is 1.17. The number of esters is 1. The van der Waals surface area contributed by atoms with Crippen molar-refractivity contribution in [1.82, 2.24) is 47.9 Å². The Bertz CT molecular complexity index is 3690. The van der Waals surface area contributed by atoms with Crippen LogP contribution in [-0.4, -0.2) is 146 Å². The molecular formula is C78H98N10O17. The summed E-state index contributed by atoms with van der Waals surface area (Å²) < 4.78 is 33.7. The van der Waals surface area contributed by atoms with E-state index in [1.807, 2.05) is 24.3 Å². The molecule has 0 aromatic heterocycles. The average molecular weight is 1450 g/mol. The van der Waals surface area contributed by atoms with E-state index in [4.69, 9.17) is 34.2 Å². The lowest BCUT2D eigenvalue weighted by Crippen LogP contribution is -2.62. The van der Waals surface area contributed by atoms with Crippen LogP contribution in [0.25, 0.3) is 0 Å². The van der Waals surface area contributed by atoms with Gasteiger partial charge in [0, 0.05) is 32.4 Å². The standard InChI is InChI=1S/C78H98N10O17/c1-53(102-49-57-34-18-9-19-35-57)67(88-70(92)62(42-43-66(79)89)84-68(90)60(40-24-26-44-80-75(97)103-50-58-36-20-10-21-37-58)82-71(93)63(46-54-28-12-6-13-29-54)87-77(99)105-78(2,3)4)73(95)86-65(52-101-48-56-32-16-8-17-33-56)72(94)83-61(41-25-27-45-81-76(98)104-51-59-38-22-11-23-39-59)69(91)85-64(74(96)100-5)47-55-30-14-7-15-31-55/h6-23,28-39,53,60-65,67H,24-27,40-52H2,1-5H3,(H2,79,89)(H,80,97)(H,81,98)(H,82,93)(H,83,94)(H,84,90)(H,85,91)(H,86,95)(H,87,99)(H,88,92)/t53-,60+,61+,62+,63+,64+,65+,67+/m1/s1. The molecule has 0 radical (unpaired) electrons. The van der Waals surface area contributed by atoms with Gasteiger partial charge in [-0.3, -0.25) is 33.6 Å². The Morgan fingerprint density at radius 1 is 0.390 bits per heavy atom. The summed E-state index contributed by atoms with van der Waals surface area (Å²) in [6.07, 6.45) is -3.71. The van der Waals surface area contributed by atoms with E-state index >= 15 is 14.4 Å². The van der Waals surface area contributed by atoms with E-state index in [0.29, 0.717) is 28.7 Å². The van der Waals surface area contributed by atoms with Crippen molar-refractivity contribution in [2.75, 3.05) is 26.8 Å². The maximum atomic E-state index is 15.3. The number of carbonyl (C=O) groups is 11. The lowest BCUT2D eigenvalue weighted by Gasteiger charge is -2.30. The highest BCUT2D eigenvalue weighted by molar-refractivity contribution is 5.98. The van der Waals surface area contributed by atoms with Gasteiger partial charge in [0.15, 0.2) is 0 Å². The van der Waals surface area contributed by atoms with Crippen LogP contribution >= 0.6 is 0 Å². The molecule has 0 unspecified atom stereocenters. The average Bonchev–Trinajstić information content (AvgIpc) is 0.850. The zero-order valence-corrected chi connectivity index (χ0v) is 60.0. The van der Waals surface area contributed by atoms with Gasteiger partial charge in [0.05, 0.1) is 33.0 Å². The van der Waals surface area contributed by atoms with Crippen LogP contribution in [0.3, 0.4) is 0 Å². The number of hydrogen-bond acceptors (Lipinski definition) is 17. The van der Waals surface area contributed by atoms with E-state index in [1.165, 1.54) is 14.0 Å². The number of amides is 10. The van der Waals surface area contributed by atoms with Crippen molar-refractivity contribution in [3.8, 4) is 0 Å².